The van der Waals surface area contributed by atoms with Gasteiger partial charge < -0.3 is 9.47 Å². The highest BCUT2D eigenvalue weighted by atomic mass is 19.4. The van der Waals surface area contributed by atoms with Gasteiger partial charge in [0.05, 0.1) is 6.61 Å². The molecule has 0 amide bonds. The smallest absolute Gasteiger partial charge is 0.490 e. The zero-order chi connectivity index (χ0) is 13.1. The Balaban J connectivity index is 3.18. The minimum atomic E-state index is -4.74. The fourth-order valence-electron chi connectivity index (χ4n) is 1.41. The van der Waals surface area contributed by atoms with Crippen LogP contribution in [0.4, 0.5) is 13.2 Å². The van der Waals surface area contributed by atoms with Crippen molar-refractivity contribution >= 4 is 0 Å². The van der Waals surface area contributed by atoms with E-state index in [0.717, 1.165) is 0 Å². The SMILES string of the molecule is [CH2]C(C)c1cccc(OCC)c1OC(F)(F)F. The van der Waals surface area contributed by atoms with Gasteiger partial charge in [-0.1, -0.05) is 19.1 Å². The summed E-state index contributed by atoms with van der Waals surface area (Å²) < 4.78 is 46.1. The van der Waals surface area contributed by atoms with Crippen molar-refractivity contribution in [1.82, 2.24) is 0 Å². The molecular weight excluding hydrogens is 233 g/mol. The molecule has 0 spiro atoms. The third-order valence-electron chi connectivity index (χ3n) is 2.06. The van der Waals surface area contributed by atoms with Crippen molar-refractivity contribution in [3.05, 3.63) is 30.7 Å². The van der Waals surface area contributed by atoms with E-state index in [1.807, 2.05) is 0 Å². The first-order valence-corrected chi connectivity index (χ1v) is 5.19. The third kappa shape index (κ3) is 3.84. The zero-order valence-electron chi connectivity index (χ0n) is 9.67. The van der Waals surface area contributed by atoms with E-state index in [4.69, 9.17) is 4.74 Å². The average molecular weight is 247 g/mol. The minimum Gasteiger partial charge on any atom is -0.490 e. The molecule has 0 saturated carbocycles. The Morgan fingerprint density at radius 2 is 2.00 bits per heavy atom. The normalized spacial score (nSPS) is 11.7. The topological polar surface area (TPSA) is 18.5 Å². The van der Waals surface area contributed by atoms with Crippen LogP contribution in [0.15, 0.2) is 18.2 Å². The molecule has 0 aliphatic carbocycles. The molecular formula is C12H14F3O2. The largest absolute Gasteiger partial charge is 0.573 e. The van der Waals surface area contributed by atoms with E-state index in [-0.39, 0.29) is 24.0 Å². The Hall–Kier alpha value is -1.39. The molecule has 0 fully saturated rings. The van der Waals surface area contributed by atoms with Crippen LogP contribution in [0.3, 0.4) is 0 Å². The number of ether oxygens (including phenoxy) is 2. The van der Waals surface area contributed by atoms with Crippen LogP contribution in [0.2, 0.25) is 0 Å². The van der Waals surface area contributed by atoms with E-state index in [9.17, 15) is 13.2 Å². The van der Waals surface area contributed by atoms with Gasteiger partial charge in [0.2, 0.25) is 0 Å². The summed E-state index contributed by atoms with van der Waals surface area (Å²) in [5.41, 5.74) is 0.369. The number of hydrogen-bond donors (Lipinski definition) is 0. The summed E-state index contributed by atoms with van der Waals surface area (Å²) in [6.45, 7) is 7.35. The Kier molecular flexibility index (Phi) is 4.26. The molecule has 1 atom stereocenters. The standard InChI is InChI=1S/C12H14F3O2/c1-4-16-10-7-5-6-9(8(2)3)11(10)17-12(13,14)15/h5-8H,2,4H2,1,3H3. The second-order valence-corrected chi connectivity index (χ2v) is 3.56. The quantitative estimate of drug-likeness (QED) is 0.802. The van der Waals surface area contributed by atoms with E-state index in [2.05, 4.69) is 11.7 Å². The van der Waals surface area contributed by atoms with Crippen LogP contribution >= 0.6 is 0 Å². The fraction of sp³-hybridized carbons (Fsp3) is 0.417. The second kappa shape index (κ2) is 5.29. The molecule has 0 aliphatic heterocycles. The summed E-state index contributed by atoms with van der Waals surface area (Å²) in [6.07, 6.45) is -4.74. The number of para-hydroxylation sites is 1. The zero-order valence-corrected chi connectivity index (χ0v) is 9.67. The van der Waals surface area contributed by atoms with Crippen LogP contribution in [0, 0.1) is 6.92 Å². The molecule has 5 heteroatoms. The number of benzene rings is 1. The molecule has 2 nitrogen and oxygen atoms in total. The minimum absolute atomic E-state index is 0.0813. The van der Waals surface area contributed by atoms with Gasteiger partial charge in [-0.2, -0.15) is 0 Å². The van der Waals surface area contributed by atoms with Crippen molar-refractivity contribution in [2.75, 3.05) is 6.61 Å². The first-order chi connectivity index (χ1) is 7.85. The molecule has 95 valence electrons. The van der Waals surface area contributed by atoms with Gasteiger partial charge in [-0.25, -0.2) is 0 Å². The number of rotatable bonds is 4. The first-order valence-electron chi connectivity index (χ1n) is 5.19. The van der Waals surface area contributed by atoms with Crippen LogP contribution < -0.4 is 9.47 Å². The van der Waals surface area contributed by atoms with E-state index in [1.54, 1.807) is 26.0 Å². The lowest BCUT2D eigenvalue weighted by atomic mass is 10.0. The summed E-state index contributed by atoms with van der Waals surface area (Å²) in [5, 5.41) is 0. The highest BCUT2D eigenvalue weighted by Crippen LogP contribution is 2.38. The van der Waals surface area contributed by atoms with Gasteiger partial charge in [0.25, 0.3) is 0 Å². The maximum atomic E-state index is 12.3. The summed E-state index contributed by atoms with van der Waals surface area (Å²) in [5.74, 6) is -0.546. The summed E-state index contributed by atoms with van der Waals surface area (Å²) in [6, 6.07) is 4.60. The van der Waals surface area contributed by atoms with Gasteiger partial charge in [0.1, 0.15) is 0 Å². The van der Waals surface area contributed by atoms with Gasteiger partial charge in [0, 0.05) is 5.56 Å². The highest BCUT2D eigenvalue weighted by molar-refractivity contribution is 5.48. The van der Waals surface area contributed by atoms with Crippen molar-refractivity contribution < 1.29 is 22.6 Å². The monoisotopic (exact) mass is 247 g/mol. The Bertz CT molecular complexity index is 373. The van der Waals surface area contributed by atoms with Crippen molar-refractivity contribution in [2.24, 2.45) is 0 Å². The Labute approximate surface area is 98.3 Å². The average Bonchev–Trinajstić information content (AvgIpc) is 2.18. The van der Waals surface area contributed by atoms with Gasteiger partial charge >= 0.3 is 6.36 Å². The predicted octanol–water partition coefficient (Wildman–Crippen LogP) is 3.92. The molecule has 0 aromatic heterocycles. The molecule has 1 unspecified atom stereocenters. The Morgan fingerprint density at radius 3 is 2.47 bits per heavy atom. The van der Waals surface area contributed by atoms with Gasteiger partial charge in [-0.05, 0) is 25.8 Å². The molecule has 0 N–H and O–H groups in total. The first kappa shape index (κ1) is 13.7. The maximum Gasteiger partial charge on any atom is 0.573 e. The molecule has 0 heterocycles. The van der Waals surface area contributed by atoms with Crippen LogP contribution in [0.25, 0.3) is 0 Å². The number of alkyl halides is 3. The summed E-state index contributed by atoms with van der Waals surface area (Å²) in [7, 11) is 0. The van der Waals surface area contributed by atoms with Crippen LogP contribution in [-0.4, -0.2) is 13.0 Å². The molecule has 1 aromatic rings. The summed E-state index contributed by atoms with van der Waals surface area (Å²) in [4.78, 5) is 0. The van der Waals surface area contributed by atoms with Crippen LogP contribution in [0.5, 0.6) is 11.5 Å². The maximum absolute atomic E-state index is 12.3. The van der Waals surface area contributed by atoms with Crippen molar-refractivity contribution in [1.29, 1.82) is 0 Å². The highest BCUT2D eigenvalue weighted by Gasteiger charge is 2.34. The summed E-state index contributed by atoms with van der Waals surface area (Å²) >= 11 is 0. The number of halogens is 3. The predicted molar refractivity (Wildman–Crippen MR) is 58.1 cm³/mol. The van der Waals surface area contributed by atoms with E-state index >= 15 is 0 Å². The van der Waals surface area contributed by atoms with E-state index in [0.29, 0.717) is 5.56 Å². The lowest BCUT2D eigenvalue weighted by Crippen LogP contribution is -2.19. The van der Waals surface area contributed by atoms with Crippen LogP contribution in [-0.2, 0) is 0 Å². The molecule has 1 aromatic carbocycles. The van der Waals surface area contributed by atoms with E-state index < -0.39 is 6.36 Å². The lowest BCUT2D eigenvalue weighted by molar-refractivity contribution is -0.275. The van der Waals surface area contributed by atoms with E-state index in [1.165, 1.54) is 6.07 Å². The van der Waals surface area contributed by atoms with Crippen LogP contribution in [0.1, 0.15) is 25.3 Å². The van der Waals surface area contributed by atoms with Crippen molar-refractivity contribution in [3.8, 4) is 11.5 Å². The fourth-order valence-corrected chi connectivity index (χ4v) is 1.41. The van der Waals surface area contributed by atoms with Gasteiger partial charge in [-0.3, -0.25) is 0 Å². The Morgan fingerprint density at radius 1 is 1.35 bits per heavy atom. The molecule has 1 radical (unpaired) electrons. The number of hydrogen-bond acceptors (Lipinski definition) is 2. The molecule has 0 bridgehead atoms. The second-order valence-electron chi connectivity index (χ2n) is 3.56. The molecule has 1 rings (SSSR count). The van der Waals surface area contributed by atoms with Crippen molar-refractivity contribution in [2.45, 2.75) is 26.1 Å². The van der Waals surface area contributed by atoms with Gasteiger partial charge in [0.15, 0.2) is 11.5 Å². The molecule has 0 saturated heterocycles. The molecule has 0 aliphatic rings. The molecule has 17 heavy (non-hydrogen) atoms. The van der Waals surface area contributed by atoms with Crippen molar-refractivity contribution in [3.63, 3.8) is 0 Å². The van der Waals surface area contributed by atoms with Gasteiger partial charge in [-0.15, -0.1) is 13.2 Å². The third-order valence-corrected chi connectivity index (χ3v) is 2.06. The lowest BCUT2D eigenvalue weighted by Gasteiger charge is -2.18.